The van der Waals surface area contributed by atoms with Crippen LogP contribution in [0.2, 0.25) is 0 Å². The molecule has 0 saturated heterocycles. The Kier molecular flexibility index (Phi) is 6.17. The highest BCUT2D eigenvalue weighted by Crippen LogP contribution is 2.31. The van der Waals surface area contributed by atoms with Crippen LogP contribution in [-0.2, 0) is 20.0 Å². The number of benzene rings is 1. The van der Waals surface area contributed by atoms with E-state index in [1.165, 1.54) is 0 Å². The first-order chi connectivity index (χ1) is 11.5. The van der Waals surface area contributed by atoms with Gasteiger partial charge in [0.2, 0.25) is 20.0 Å². The highest BCUT2D eigenvalue weighted by Gasteiger charge is 2.26. The van der Waals surface area contributed by atoms with Crippen LogP contribution < -0.4 is 9.44 Å². The Morgan fingerprint density at radius 3 is 2.00 bits per heavy atom. The molecular weight excluding hydrogens is 360 g/mol. The van der Waals surface area contributed by atoms with Crippen molar-refractivity contribution in [3.63, 3.8) is 0 Å². The number of anilines is 1. The summed E-state index contributed by atoms with van der Waals surface area (Å²) < 4.78 is 54.5. The van der Waals surface area contributed by atoms with Crippen molar-refractivity contribution in [3.05, 3.63) is 22.8 Å². The van der Waals surface area contributed by atoms with Crippen molar-refractivity contribution in [1.29, 1.82) is 0 Å². The summed E-state index contributed by atoms with van der Waals surface area (Å²) in [4.78, 5) is 0.175. The lowest BCUT2D eigenvalue weighted by molar-refractivity contribution is 0.509. The fraction of sp³-hybridized carbons (Fsp3) is 0.647. The summed E-state index contributed by atoms with van der Waals surface area (Å²) in [5.74, 6) is 0. The smallest absolute Gasteiger partial charge is 0.241 e. The number of hydrogen-bond acceptors (Lipinski definition) is 4. The molecule has 0 radical (unpaired) electrons. The maximum absolute atomic E-state index is 13.0. The van der Waals surface area contributed by atoms with Crippen molar-refractivity contribution in [2.75, 3.05) is 11.0 Å². The van der Waals surface area contributed by atoms with Crippen LogP contribution in [0.1, 0.15) is 55.2 Å². The Balaban J connectivity index is 2.44. The minimum Gasteiger partial charge on any atom is -0.283 e. The monoisotopic (exact) mass is 388 g/mol. The second kappa shape index (κ2) is 7.63. The van der Waals surface area contributed by atoms with Crippen molar-refractivity contribution in [2.24, 2.45) is 0 Å². The van der Waals surface area contributed by atoms with Crippen LogP contribution in [-0.4, -0.2) is 29.1 Å². The van der Waals surface area contributed by atoms with Crippen LogP contribution in [0.5, 0.6) is 0 Å². The van der Waals surface area contributed by atoms with Crippen molar-refractivity contribution in [3.8, 4) is 0 Å². The summed E-state index contributed by atoms with van der Waals surface area (Å²) >= 11 is 0. The van der Waals surface area contributed by atoms with Gasteiger partial charge in [-0.2, -0.15) is 0 Å². The fourth-order valence-electron chi connectivity index (χ4n) is 3.60. The van der Waals surface area contributed by atoms with E-state index >= 15 is 0 Å². The van der Waals surface area contributed by atoms with Crippen LogP contribution in [0.4, 0.5) is 5.69 Å². The first-order valence-corrected chi connectivity index (χ1v) is 12.0. The van der Waals surface area contributed by atoms with E-state index in [0.717, 1.165) is 44.8 Å². The van der Waals surface area contributed by atoms with Crippen molar-refractivity contribution in [2.45, 2.75) is 70.2 Å². The van der Waals surface area contributed by atoms with Crippen LogP contribution in [0.3, 0.4) is 0 Å². The molecule has 0 amide bonds. The van der Waals surface area contributed by atoms with Gasteiger partial charge in [0, 0.05) is 6.04 Å². The summed E-state index contributed by atoms with van der Waals surface area (Å²) in [6.07, 6.45) is 7.09. The lowest BCUT2D eigenvalue weighted by atomic mass is 10.1. The van der Waals surface area contributed by atoms with E-state index in [1.807, 2.05) is 0 Å². The second-order valence-electron chi connectivity index (χ2n) is 7.02. The molecule has 0 bridgehead atoms. The lowest BCUT2D eigenvalue weighted by Gasteiger charge is -2.21. The highest BCUT2D eigenvalue weighted by molar-refractivity contribution is 7.92. The summed E-state index contributed by atoms with van der Waals surface area (Å²) in [5.41, 5.74) is 2.10. The van der Waals surface area contributed by atoms with Crippen LogP contribution in [0, 0.1) is 20.8 Å². The van der Waals surface area contributed by atoms with Crippen molar-refractivity contribution >= 4 is 25.7 Å². The molecule has 2 rings (SSSR count). The number of hydrogen-bond donors (Lipinski definition) is 2. The SMILES string of the molecule is Cc1cc(C)c(S(=O)(=O)NC2CCCCCC2)c(C)c1NS(C)(=O)=O. The molecule has 142 valence electrons. The van der Waals surface area contributed by atoms with Crippen LogP contribution >= 0.6 is 0 Å². The van der Waals surface area contributed by atoms with Gasteiger partial charge in [0.05, 0.1) is 16.8 Å². The van der Waals surface area contributed by atoms with E-state index in [1.54, 1.807) is 26.8 Å². The molecule has 8 heteroatoms. The Bertz CT molecular complexity index is 838. The molecule has 0 spiro atoms. The van der Waals surface area contributed by atoms with Gasteiger partial charge in [-0.15, -0.1) is 0 Å². The van der Waals surface area contributed by atoms with Gasteiger partial charge >= 0.3 is 0 Å². The van der Waals surface area contributed by atoms with Gasteiger partial charge in [0.15, 0.2) is 0 Å². The van der Waals surface area contributed by atoms with Gasteiger partial charge in [-0.05, 0) is 50.3 Å². The van der Waals surface area contributed by atoms with E-state index in [0.29, 0.717) is 22.4 Å². The zero-order valence-electron chi connectivity index (χ0n) is 15.3. The average Bonchev–Trinajstić information content (AvgIpc) is 2.70. The third kappa shape index (κ3) is 5.18. The third-order valence-electron chi connectivity index (χ3n) is 4.63. The average molecular weight is 389 g/mol. The summed E-state index contributed by atoms with van der Waals surface area (Å²) in [6, 6.07) is 1.65. The fourth-order valence-corrected chi connectivity index (χ4v) is 6.06. The van der Waals surface area contributed by atoms with E-state index in [9.17, 15) is 16.8 Å². The zero-order chi connectivity index (χ0) is 18.8. The Morgan fingerprint density at radius 1 is 0.920 bits per heavy atom. The third-order valence-corrected chi connectivity index (χ3v) is 7.02. The van der Waals surface area contributed by atoms with Crippen molar-refractivity contribution < 1.29 is 16.8 Å². The number of aryl methyl sites for hydroxylation is 2. The molecule has 1 saturated carbocycles. The molecular formula is C17H28N2O4S2. The van der Waals surface area contributed by atoms with Crippen LogP contribution in [0.15, 0.2) is 11.0 Å². The van der Waals surface area contributed by atoms with Crippen molar-refractivity contribution in [1.82, 2.24) is 4.72 Å². The van der Waals surface area contributed by atoms with Gasteiger partial charge < -0.3 is 0 Å². The Hall–Kier alpha value is -1.12. The molecule has 0 unspecified atom stereocenters. The molecule has 0 heterocycles. The van der Waals surface area contributed by atoms with Gasteiger partial charge in [-0.25, -0.2) is 21.6 Å². The molecule has 2 N–H and O–H groups in total. The minimum absolute atomic E-state index is 0.0566. The summed E-state index contributed by atoms with van der Waals surface area (Å²) in [7, 11) is -7.21. The molecule has 1 aromatic rings. The maximum Gasteiger partial charge on any atom is 0.241 e. The predicted molar refractivity (Wildman–Crippen MR) is 101 cm³/mol. The van der Waals surface area contributed by atoms with E-state index < -0.39 is 20.0 Å². The van der Waals surface area contributed by atoms with E-state index in [2.05, 4.69) is 9.44 Å². The van der Waals surface area contributed by atoms with Gasteiger partial charge in [0.25, 0.3) is 0 Å². The minimum atomic E-state index is -3.72. The molecule has 25 heavy (non-hydrogen) atoms. The molecule has 1 aromatic carbocycles. The van der Waals surface area contributed by atoms with Gasteiger partial charge in [-0.1, -0.05) is 31.7 Å². The largest absolute Gasteiger partial charge is 0.283 e. The predicted octanol–water partition coefficient (Wildman–Crippen LogP) is 2.98. The number of sulfonamides is 2. The number of rotatable bonds is 5. The van der Waals surface area contributed by atoms with E-state index in [-0.39, 0.29) is 10.9 Å². The Morgan fingerprint density at radius 2 is 1.48 bits per heavy atom. The second-order valence-corrected chi connectivity index (χ2v) is 10.4. The summed E-state index contributed by atoms with van der Waals surface area (Å²) in [6.45, 7) is 5.16. The molecule has 0 aromatic heterocycles. The van der Waals surface area contributed by atoms with Crippen LogP contribution in [0.25, 0.3) is 0 Å². The zero-order valence-corrected chi connectivity index (χ0v) is 17.0. The molecule has 1 aliphatic carbocycles. The molecule has 1 fully saturated rings. The Labute approximate surface area is 151 Å². The maximum atomic E-state index is 13.0. The molecule has 0 aliphatic heterocycles. The topological polar surface area (TPSA) is 92.3 Å². The highest BCUT2D eigenvalue weighted by atomic mass is 32.2. The lowest BCUT2D eigenvalue weighted by Crippen LogP contribution is -2.35. The summed E-state index contributed by atoms with van der Waals surface area (Å²) in [5, 5.41) is 0. The first-order valence-electron chi connectivity index (χ1n) is 8.62. The molecule has 6 nitrogen and oxygen atoms in total. The normalized spacial score (nSPS) is 17.3. The van der Waals surface area contributed by atoms with Gasteiger partial charge in [0.1, 0.15) is 0 Å². The standard InChI is InChI=1S/C17H28N2O4S2/c1-12-11-13(2)17(14(3)16(12)19-24(4,20)21)25(22,23)18-15-9-7-5-6-8-10-15/h11,15,18-19H,5-10H2,1-4H3. The molecule has 1 aliphatic rings. The number of nitrogens with one attached hydrogen (secondary N) is 2. The van der Waals surface area contributed by atoms with Gasteiger partial charge in [-0.3, -0.25) is 4.72 Å². The molecule has 0 atom stereocenters. The van der Waals surface area contributed by atoms with E-state index in [4.69, 9.17) is 0 Å². The quantitative estimate of drug-likeness (QED) is 0.759. The first kappa shape index (κ1) is 20.2.